The Balaban J connectivity index is 2.20. The van der Waals surface area contributed by atoms with Crippen LogP contribution in [0.4, 0.5) is 5.69 Å². The topological polar surface area (TPSA) is 74.8 Å². The lowest BCUT2D eigenvalue weighted by Crippen LogP contribution is -2.12. The molecule has 2 rings (SSSR count). The molecule has 19 heavy (non-hydrogen) atoms. The van der Waals surface area contributed by atoms with Gasteiger partial charge >= 0.3 is 0 Å². The number of carbonyl (C=O) groups excluding carboxylic acids is 1. The molecule has 0 fully saturated rings. The van der Waals surface area contributed by atoms with E-state index in [9.17, 15) is 4.79 Å². The Kier molecular flexibility index (Phi) is 3.66. The summed E-state index contributed by atoms with van der Waals surface area (Å²) >= 11 is 0. The number of rotatable bonds is 3. The zero-order valence-electron chi connectivity index (χ0n) is 10.7. The van der Waals surface area contributed by atoms with Gasteiger partial charge in [-0.25, -0.2) is 0 Å². The van der Waals surface area contributed by atoms with Gasteiger partial charge in [0, 0.05) is 11.3 Å². The van der Waals surface area contributed by atoms with Crippen molar-refractivity contribution in [3.63, 3.8) is 0 Å². The summed E-state index contributed by atoms with van der Waals surface area (Å²) in [4.78, 5) is 12.0. The molecule has 0 aliphatic carbocycles. The van der Waals surface area contributed by atoms with Crippen LogP contribution in [-0.4, -0.2) is 16.8 Å². The third-order valence-electron chi connectivity index (χ3n) is 2.79. The minimum Gasteiger partial charge on any atom is -0.469 e. The first kappa shape index (κ1) is 12.9. The van der Waals surface area contributed by atoms with E-state index in [0.29, 0.717) is 22.7 Å². The molecule has 1 aromatic heterocycles. The van der Waals surface area contributed by atoms with Crippen LogP contribution in [0.3, 0.4) is 0 Å². The smallest absolute Gasteiger partial charge is 0.259 e. The van der Waals surface area contributed by atoms with Gasteiger partial charge in [-0.1, -0.05) is 17.3 Å². The average Bonchev–Trinajstić information content (AvgIpc) is 2.84. The third kappa shape index (κ3) is 2.82. The van der Waals surface area contributed by atoms with Crippen molar-refractivity contribution in [2.75, 3.05) is 5.32 Å². The molecule has 0 aliphatic heterocycles. The molecule has 1 heterocycles. The maximum Gasteiger partial charge on any atom is 0.259 e. The first-order chi connectivity index (χ1) is 9.11. The molecule has 5 heteroatoms. The highest BCUT2D eigenvalue weighted by atomic mass is 16.4. The lowest BCUT2D eigenvalue weighted by atomic mass is 10.1. The Morgan fingerprint density at radius 1 is 1.37 bits per heavy atom. The average molecular weight is 258 g/mol. The van der Waals surface area contributed by atoms with E-state index in [1.807, 2.05) is 0 Å². The number of carbonyl (C=O) groups is 1. The number of hydrogen-bond donors (Lipinski definition) is 2. The second kappa shape index (κ2) is 5.39. The summed E-state index contributed by atoms with van der Waals surface area (Å²) in [5.41, 5.74) is 2.35. The number of hydrogen-bond acceptors (Lipinski definition) is 4. The van der Waals surface area contributed by atoms with Crippen LogP contribution in [0.15, 0.2) is 46.2 Å². The standard InChI is InChI=1S/C14H14N2O3/c1-9(16-18)11-4-3-5-12(8-11)15-14(17)13-6-7-19-10(13)2/h3-8,18H,1-2H3,(H,15,17)/b16-9+. The molecule has 2 aromatic rings. The predicted octanol–water partition coefficient (Wildman–Crippen LogP) is 3.04. The van der Waals surface area contributed by atoms with Crippen molar-refractivity contribution in [1.29, 1.82) is 0 Å². The summed E-state index contributed by atoms with van der Waals surface area (Å²) in [5.74, 6) is 0.337. The Morgan fingerprint density at radius 2 is 2.16 bits per heavy atom. The number of anilines is 1. The molecule has 0 bridgehead atoms. The van der Waals surface area contributed by atoms with Crippen molar-refractivity contribution < 1.29 is 14.4 Å². The summed E-state index contributed by atoms with van der Waals surface area (Å²) in [5, 5.41) is 14.6. The molecular formula is C14H14N2O3. The van der Waals surface area contributed by atoms with E-state index in [4.69, 9.17) is 9.62 Å². The van der Waals surface area contributed by atoms with Crippen LogP contribution in [0.2, 0.25) is 0 Å². The molecule has 0 radical (unpaired) electrons. The van der Waals surface area contributed by atoms with Crippen molar-refractivity contribution in [2.45, 2.75) is 13.8 Å². The van der Waals surface area contributed by atoms with E-state index in [1.54, 1.807) is 44.2 Å². The summed E-state index contributed by atoms with van der Waals surface area (Å²) in [6.07, 6.45) is 1.48. The number of nitrogens with zero attached hydrogens (tertiary/aromatic N) is 1. The van der Waals surface area contributed by atoms with Gasteiger partial charge in [-0.2, -0.15) is 0 Å². The second-order valence-electron chi connectivity index (χ2n) is 4.11. The maximum atomic E-state index is 12.0. The monoisotopic (exact) mass is 258 g/mol. The van der Waals surface area contributed by atoms with E-state index in [1.165, 1.54) is 6.26 Å². The zero-order chi connectivity index (χ0) is 13.8. The number of furan rings is 1. The van der Waals surface area contributed by atoms with Gasteiger partial charge in [0.25, 0.3) is 5.91 Å². The molecule has 0 saturated carbocycles. The highest BCUT2D eigenvalue weighted by Crippen LogP contribution is 2.15. The maximum absolute atomic E-state index is 12.0. The molecular weight excluding hydrogens is 244 g/mol. The second-order valence-corrected chi connectivity index (χ2v) is 4.11. The van der Waals surface area contributed by atoms with E-state index in [0.717, 1.165) is 5.56 Å². The van der Waals surface area contributed by atoms with Gasteiger partial charge in [0.1, 0.15) is 5.76 Å². The van der Waals surface area contributed by atoms with Gasteiger partial charge in [0.2, 0.25) is 0 Å². The normalized spacial score (nSPS) is 11.4. The van der Waals surface area contributed by atoms with Crippen molar-refractivity contribution in [2.24, 2.45) is 5.16 Å². The van der Waals surface area contributed by atoms with Crippen LogP contribution >= 0.6 is 0 Å². The van der Waals surface area contributed by atoms with Gasteiger partial charge in [-0.05, 0) is 32.0 Å². The molecule has 0 saturated heterocycles. The summed E-state index contributed by atoms with van der Waals surface area (Å²) in [7, 11) is 0. The highest BCUT2D eigenvalue weighted by molar-refractivity contribution is 6.06. The van der Waals surface area contributed by atoms with E-state index < -0.39 is 0 Å². The van der Waals surface area contributed by atoms with Crippen molar-refractivity contribution >= 4 is 17.3 Å². The number of amides is 1. The lowest BCUT2D eigenvalue weighted by molar-refractivity contribution is 0.102. The predicted molar refractivity (Wildman–Crippen MR) is 71.8 cm³/mol. The molecule has 0 spiro atoms. The summed E-state index contributed by atoms with van der Waals surface area (Å²) in [6, 6.07) is 8.70. The molecule has 2 N–H and O–H groups in total. The fraction of sp³-hybridized carbons (Fsp3) is 0.143. The van der Waals surface area contributed by atoms with Crippen LogP contribution < -0.4 is 5.32 Å². The van der Waals surface area contributed by atoms with Crippen molar-refractivity contribution in [3.05, 3.63) is 53.5 Å². The summed E-state index contributed by atoms with van der Waals surface area (Å²) in [6.45, 7) is 3.41. The van der Waals surface area contributed by atoms with Crippen molar-refractivity contribution in [1.82, 2.24) is 0 Å². The Labute approximate surface area is 110 Å². The van der Waals surface area contributed by atoms with Gasteiger partial charge in [-0.15, -0.1) is 0 Å². The summed E-state index contributed by atoms with van der Waals surface area (Å²) < 4.78 is 5.09. The number of oxime groups is 1. The van der Waals surface area contributed by atoms with E-state index in [2.05, 4.69) is 10.5 Å². The Bertz CT molecular complexity index is 629. The van der Waals surface area contributed by atoms with Gasteiger partial charge in [-0.3, -0.25) is 4.79 Å². The highest BCUT2D eigenvalue weighted by Gasteiger charge is 2.11. The first-order valence-corrected chi connectivity index (χ1v) is 5.76. The first-order valence-electron chi connectivity index (χ1n) is 5.76. The number of benzene rings is 1. The van der Waals surface area contributed by atoms with E-state index in [-0.39, 0.29) is 5.91 Å². The fourth-order valence-electron chi connectivity index (χ4n) is 1.70. The molecule has 0 atom stereocenters. The molecule has 0 aliphatic rings. The SMILES string of the molecule is C/C(=N\O)c1cccc(NC(=O)c2ccoc2C)c1. The molecule has 98 valence electrons. The third-order valence-corrected chi connectivity index (χ3v) is 2.79. The van der Waals surface area contributed by atoms with Gasteiger partial charge < -0.3 is 14.9 Å². The van der Waals surface area contributed by atoms with Gasteiger partial charge in [0.15, 0.2) is 0 Å². The minimum atomic E-state index is -0.234. The number of aryl methyl sites for hydroxylation is 1. The zero-order valence-corrected chi connectivity index (χ0v) is 10.7. The van der Waals surface area contributed by atoms with E-state index >= 15 is 0 Å². The van der Waals surface area contributed by atoms with Gasteiger partial charge in [0.05, 0.1) is 17.5 Å². The lowest BCUT2D eigenvalue weighted by Gasteiger charge is -2.06. The molecule has 0 unspecified atom stereocenters. The minimum absolute atomic E-state index is 0.234. The van der Waals surface area contributed by atoms with Crippen LogP contribution in [-0.2, 0) is 0 Å². The van der Waals surface area contributed by atoms with Crippen LogP contribution in [0.5, 0.6) is 0 Å². The van der Waals surface area contributed by atoms with Crippen LogP contribution in [0, 0.1) is 6.92 Å². The Hall–Kier alpha value is -2.56. The molecule has 1 amide bonds. The largest absolute Gasteiger partial charge is 0.469 e. The van der Waals surface area contributed by atoms with Crippen molar-refractivity contribution in [3.8, 4) is 0 Å². The molecule has 1 aromatic carbocycles. The molecule has 5 nitrogen and oxygen atoms in total. The van der Waals surface area contributed by atoms with Crippen LogP contribution in [0.1, 0.15) is 28.6 Å². The van der Waals surface area contributed by atoms with Crippen LogP contribution in [0.25, 0.3) is 0 Å². The Morgan fingerprint density at radius 3 is 2.79 bits per heavy atom. The fourth-order valence-corrected chi connectivity index (χ4v) is 1.70. The quantitative estimate of drug-likeness (QED) is 0.504. The number of nitrogens with one attached hydrogen (secondary N) is 1.